The van der Waals surface area contributed by atoms with Gasteiger partial charge in [-0.1, -0.05) is 0 Å². The fraction of sp³-hybridized carbons (Fsp3) is 0.571. The Kier molecular flexibility index (Phi) is 9.42. The van der Waals surface area contributed by atoms with Crippen LogP contribution in [-0.4, -0.2) is 100 Å². The fourth-order valence-corrected chi connectivity index (χ4v) is 5.61. The average molecular weight is 551 g/mol. The normalized spacial score (nSPS) is 28.4. The van der Waals surface area contributed by atoms with E-state index in [1.54, 1.807) is 28.4 Å². The zero-order valence-electron chi connectivity index (χ0n) is 22.8. The van der Waals surface area contributed by atoms with Crippen LogP contribution in [0.4, 0.5) is 0 Å². The number of fused-ring (bicyclic) bond motifs is 1. The third kappa shape index (κ3) is 5.60. The van der Waals surface area contributed by atoms with Gasteiger partial charge in [-0.25, -0.2) is 0 Å². The largest absolute Gasteiger partial charge is 0.493 e. The highest BCUT2D eigenvalue weighted by Gasteiger charge is 2.42. The van der Waals surface area contributed by atoms with Gasteiger partial charge in [-0.05, 0) is 59.2 Å². The zero-order chi connectivity index (χ0) is 28.3. The molecule has 4 rings (SSSR count). The van der Waals surface area contributed by atoms with Gasteiger partial charge in [0.05, 0.1) is 48.8 Å². The summed E-state index contributed by atoms with van der Waals surface area (Å²) < 4.78 is 39.4. The maximum Gasteiger partial charge on any atom is 0.203 e. The Morgan fingerprint density at radius 3 is 1.97 bits per heavy atom. The van der Waals surface area contributed by atoms with E-state index < -0.39 is 24.6 Å². The molecule has 1 saturated heterocycles. The quantitative estimate of drug-likeness (QED) is 0.337. The van der Waals surface area contributed by atoms with Gasteiger partial charge in [0.25, 0.3) is 0 Å². The molecule has 1 heterocycles. The molecule has 39 heavy (non-hydrogen) atoms. The minimum atomic E-state index is -1.43. The highest BCUT2D eigenvalue weighted by Crippen LogP contribution is 2.50. The first-order valence-corrected chi connectivity index (χ1v) is 12.7. The summed E-state index contributed by atoms with van der Waals surface area (Å²) in [6.07, 6.45) is -4.64. The van der Waals surface area contributed by atoms with Crippen LogP contribution in [0.2, 0.25) is 0 Å². The fourth-order valence-electron chi connectivity index (χ4n) is 5.61. The second kappa shape index (κ2) is 12.6. The zero-order valence-corrected chi connectivity index (χ0v) is 22.8. The summed E-state index contributed by atoms with van der Waals surface area (Å²) in [5.74, 6) is 1.65. The molecule has 2 aliphatic rings. The lowest BCUT2D eigenvalue weighted by Crippen LogP contribution is -2.54. The van der Waals surface area contributed by atoms with Crippen LogP contribution in [0.1, 0.15) is 22.6 Å². The molecule has 11 nitrogen and oxygen atoms in total. The Hall–Kier alpha value is -2.80. The molecule has 1 aliphatic carbocycles. The highest BCUT2D eigenvalue weighted by atomic mass is 16.7. The summed E-state index contributed by atoms with van der Waals surface area (Å²) in [4.78, 5) is 0. The van der Waals surface area contributed by atoms with Crippen molar-refractivity contribution in [3.63, 3.8) is 0 Å². The first kappa shape index (κ1) is 29.2. The van der Waals surface area contributed by atoms with E-state index in [9.17, 15) is 20.4 Å². The second-order valence-corrected chi connectivity index (χ2v) is 9.74. The van der Waals surface area contributed by atoms with Gasteiger partial charge < -0.3 is 53.6 Å². The van der Waals surface area contributed by atoms with E-state index in [1.165, 1.54) is 7.11 Å². The number of hydrogen-bond donors (Lipinski definition) is 4. The van der Waals surface area contributed by atoms with E-state index in [0.29, 0.717) is 35.2 Å². The standard InChI is InChI=1S/C28H38O11/c1-33-20-7-14-6-16(11-29)18(12-38-28-26(32)25(31)19(30)13-39-28)24(17(14)10-21(20)34-2)15-8-22(35-3)27(37-5)23(9-15)36-4/h7-10,16,18-19,24-26,28-32H,6,11-13H2,1-5H3. The molecule has 0 bridgehead atoms. The topological polar surface area (TPSA) is 146 Å². The van der Waals surface area contributed by atoms with Gasteiger partial charge in [0.15, 0.2) is 29.3 Å². The van der Waals surface area contributed by atoms with Crippen LogP contribution in [0.25, 0.3) is 0 Å². The van der Waals surface area contributed by atoms with Gasteiger partial charge >= 0.3 is 0 Å². The maximum absolute atomic E-state index is 10.5. The molecule has 11 heteroatoms. The molecule has 1 fully saturated rings. The van der Waals surface area contributed by atoms with Crippen molar-refractivity contribution >= 4 is 0 Å². The van der Waals surface area contributed by atoms with Crippen LogP contribution in [0.3, 0.4) is 0 Å². The Labute approximate surface area is 227 Å². The van der Waals surface area contributed by atoms with Crippen LogP contribution in [0.15, 0.2) is 24.3 Å². The van der Waals surface area contributed by atoms with Crippen LogP contribution >= 0.6 is 0 Å². The molecule has 216 valence electrons. The average Bonchev–Trinajstić information content (AvgIpc) is 2.97. The van der Waals surface area contributed by atoms with E-state index >= 15 is 0 Å². The van der Waals surface area contributed by atoms with Gasteiger partial charge in [-0.15, -0.1) is 0 Å². The summed E-state index contributed by atoms with van der Waals surface area (Å²) in [6, 6.07) is 7.58. The van der Waals surface area contributed by atoms with E-state index in [-0.39, 0.29) is 37.6 Å². The number of ether oxygens (including phenoxy) is 7. The van der Waals surface area contributed by atoms with Crippen LogP contribution in [0, 0.1) is 11.8 Å². The van der Waals surface area contributed by atoms with Gasteiger partial charge in [0.1, 0.15) is 18.3 Å². The molecule has 2 aromatic rings. The minimum Gasteiger partial charge on any atom is -0.493 e. The molecule has 0 spiro atoms. The molecule has 7 unspecified atom stereocenters. The van der Waals surface area contributed by atoms with E-state index in [1.807, 2.05) is 24.3 Å². The van der Waals surface area contributed by atoms with Crippen molar-refractivity contribution in [2.75, 3.05) is 55.4 Å². The Balaban J connectivity index is 1.82. The number of aliphatic hydroxyl groups is 4. The van der Waals surface area contributed by atoms with Crippen molar-refractivity contribution < 1.29 is 53.6 Å². The molecule has 4 N–H and O–H groups in total. The Morgan fingerprint density at radius 2 is 1.41 bits per heavy atom. The number of rotatable bonds is 10. The van der Waals surface area contributed by atoms with Crippen molar-refractivity contribution in [1.29, 1.82) is 0 Å². The lowest BCUT2D eigenvalue weighted by atomic mass is 9.66. The molecule has 2 aromatic carbocycles. The maximum atomic E-state index is 10.5. The van der Waals surface area contributed by atoms with Crippen LogP contribution in [-0.2, 0) is 15.9 Å². The van der Waals surface area contributed by atoms with Gasteiger partial charge in [-0.3, -0.25) is 0 Å². The predicted molar refractivity (Wildman–Crippen MR) is 139 cm³/mol. The molecular formula is C28H38O11. The number of methoxy groups -OCH3 is 5. The van der Waals surface area contributed by atoms with Gasteiger partial charge in [0.2, 0.25) is 5.75 Å². The summed E-state index contributed by atoms with van der Waals surface area (Å²) in [6.45, 7) is -0.226. The number of benzene rings is 2. The lowest BCUT2D eigenvalue weighted by molar-refractivity contribution is -0.274. The predicted octanol–water partition coefficient (Wildman–Crippen LogP) is 1.10. The monoisotopic (exact) mass is 550 g/mol. The van der Waals surface area contributed by atoms with Crippen LogP contribution < -0.4 is 23.7 Å². The van der Waals surface area contributed by atoms with Crippen molar-refractivity contribution in [2.24, 2.45) is 11.8 Å². The Bertz CT molecular complexity index is 1100. The highest BCUT2D eigenvalue weighted by molar-refractivity contribution is 5.58. The smallest absolute Gasteiger partial charge is 0.203 e. The van der Waals surface area contributed by atoms with E-state index in [0.717, 1.165) is 16.7 Å². The first-order valence-electron chi connectivity index (χ1n) is 12.7. The molecular weight excluding hydrogens is 512 g/mol. The van der Waals surface area contributed by atoms with Gasteiger partial charge in [0, 0.05) is 12.5 Å². The summed E-state index contributed by atoms with van der Waals surface area (Å²) in [5.41, 5.74) is 2.75. The van der Waals surface area contributed by atoms with Crippen LogP contribution in [0.5, 0.6) is 28.7 Å². The number of hydrogen-bond acceptors (Lipinski definition) is 11. The third-order valence-corrected chi connectivity index (χ3v) is 7.68. The number of aliphatic hydroxyl groups excluding tert-OH is 4. The van der Waals surface area contributed by atoms with Crippen molar-refractivity contribution in [3.05, 3.63) is 41.0 Å². The summed E-state index contributed by atoms with van der Waals surface area (Å²) in [5, 5.41) is 40.9. The molecule has 1 aliphatic heterocycles. The van der Waals surface area contributed by atoms with Crippen molar-refractivity contribution in [1.82, 2.24) is 0 Å². The van der Waals surface area contributed by atoms with Crippen molar-refractivity contribution in [2.45, 2.75) is 36.9 Å². The lowest BCUT2D eigenvalue weighted by Gasteiger charge is -2.41. The van der Waals surface area contributed by atoms with E-state index in [2.05, 4.69) is 0 Å². The van der Waals surface area contributed by atoms with Crippen molar-refractivity contribution in [3.8, 4) is 28.7 Å². The molecule has 0 saturated carbocycles. The minimum absolute atomic E-state index is 0.0743. The molecule has 0 aromatic heterocycles. The molecule has 0 radical (unpaired) electrons. The molecule has 7 atom stereocenters. The first-order chi connectivity index (χ1) is 18.8. The third-order valence-electron chi connectivity index (χ3n) is 7.68. The SMILES string of the molecule is COc1cc2c(cc1OC)C(c1cc(OC)c(OC)c(OC)c1)C(COC1OCC(O)C(O)C1O)C(CO)C2. The van der Waals surface area contributed by atoms with Gasteiger partial charge in [-0.2, -0.15) is 0 Å². The second-order valence-electron chi connectivity index (χ2n) is 9.74. The summed E-state index contributed by atoms with van der Waals surface area (Å²) in [7, 11) is 7.77. The summed E-state index contributed by atoms with van der Waals surface area (Å²) >= 11 is 0. The van der Waals surface area contributed by atoms with E-state index in [4.69, 9.17) is 33.2 Å². The Morgan fingerprint density at radius 1 is 0.795 bits per heavy atom. The molecule has 0 amide bonds.